The first-order valence-corrected chi connectivity index (χ1v) is 11.5. The molecule has 0 radical (unpaired) electrons. The molecule has 0 aliphatic heterocycles. The fraction of sp³-hybridized carbons (Fsp3) is 0.333. The Morgan fingerprint density at radius 2 is 1.90 bits per heavy atom. The van der Waals surface area contributed by atoms with Crippen LogP contribution in [0.5, 0.6) is 0 Å². The van der Waals surface area contributed by atoms with Gasteiger partial charge in [-0.2, -0.15) is 0 Å². The van der Waals surface area contributed by atoms with Crippen LogP contribution in [0, 0.1) is 5.82 Å². The van der Waals surface area contributed by atoms with Crippen molar-refractivity contribution in [2.45, 2.75) is 44.2 Å². The molecule has 4 rings (SSSR count). The molecule has 9 heteroatoms. The summed E-state index contributed by atoms with van der Waals surface area (Å²) >= 11 is 2.46. The lowest BCUT2D eigenvalue weighted by Crippen LogP contribution is -2.47. The maximum Gasteiger partial charge on any atom is 0.280 e. The quantitative estimate of drug-likeness (QED) is 0.604. The van der Waals surface area contributed by atoms with Crippen molar-refractivity contribution in [2.75, 3.05) is 4.90 Å². The van der Waals surface area contributed by atoms with Crippen LogP contribution >= 0.6 is 22.9 Å². The van der Waals surface area contributed by atoms with Gasteiger partial charge in [0.2, 0.25) is 5.91 Å². The summed E-state index contributed by atoms with van der Waals surface area (Å²) in [5, 5.41) is 10.4. The Bertz CT molecular complexity index is 971. The van der Waals surface area contributed by atoms with Gasteiger partial charge in [-0.1, -0.05) is 29.8 Å². The molecule has 1 aliphatic rings. The van der Waals surface area contributed by atoms with E-state index < -0.39 is 17.8 Å². The lowest BCUT2D eigenvalue weighted by molar-refractivity contribution is -0.123. The Morgan fingerprint density at radius 3 is 2.53 bits per heavy atom. The third kappa shape index (κ3) is 4.57. The number of hydrogen-bond acceptors (Lipinski definition) is 6. The van der Waals surface area contributed by atoms with Gasteiger partial charge >= 0.3 is 0 Å². The number of carbonyl (C=O) groups excluding carboxylic acids is 2. The van der Waals surface area contributed by atoms with E-state index in [1.54, 1.807) is 5.38 Å². The zero-order chi connectivity index (χ0) is 20.9. The molecule has 1 fully saturated rings. The summed E-state index contributed by atoms with van der Waals surface area (Å²) in [6.45, 7) is 0. The predicted octanol–water partition coefficient (Wildman–Crippen LogP) is 4.58. The van der Waals surface area contributed by atoms with E-state index in [1.165, 1.54) is 46.9 Å². The number of anilines is 1. The molecule has 1 atom stereocenters. The monoisotopic (exact) mass is 444 g/mol. The lowest BCUT2D eigenvalue weighted by atomic mass is 9.95. The topological polar surface area (TPSA) is 75.2 Å². The van der Waals surface area contributed by atoms with Gasteiger partial charge in [0.25, 0.3) is 5.91 Å². The number of halogens is 1. The van der Waals surface area contributed by atoms with E-state index in [9.17, 15) is 14.0 Å². The van der Waals surface area contributed by atoms with Crippen molar-refractivity contribution in [3.63, 3.8) is 0 Å². The summed E-state index contributed by atoms with van der Waals surface area (Å²) in [5.74, 6) is -1.11. The van der Waals surface area contributed by atoms with Crippen LogP contribution in [0.3, 0.4) is 0 Å². The van der Waals surface area contributed by atoms with E-state index >= 15 is 0 Å². The van der Waals surface area contributed by atoms with Crippen molar-refractivity contribution < 1.29 is 14.0 Å². The molecule has 30 heavy (non-hydrogen) atoms. The van der Waals surface area contributed by atoms with Gasteiger partial charge in [-0.25, -0.2) is 4.39 Å². The molecule has 6 nitrogen and oxygen atoms in total. The summed E-state index contributed by atoms with van der Waals surface area (Å²) in [5.41, 5.74) is 0.572. The SMILES string of the molecule is O=C(NC1CCCCC1)[C@@H](c1cccs1)N(C(=O)c1csnn1)c1ccc(F)cc1. The summed E-state index contributed by atoms with van der Waals surface area (Å²) in [6, 6.07) is 8.45. The summed E-state index contributed by atoms with van der Waals surface area (Å²) in [7, 11) is 0. The molecule has 1 aliphatic carbocycles. The number of thiophene rings is 1. The molecule has 0 saturated heterocycles. The van der Waals surface area contributed by atoms with Crippen molar-refractivity contribution in [3.8, 4) is 0 Å². The Labute approximate surface area is 181 Å². The summed E-state index contributed by atoms with van der Waals surface area (Å²) < 4.78 is 17.3. The van der Waals surface area contributed by atoms with Crippen LogP contribution < -0.4 is 10.2 Å². The predicted molar refractivity (Wildman–Crippen MR) is 115 cm³/mol. The minimum atomic E-state index is -0.883. The molecular formula is C21H21FN4O2S2. The van der Waals surface area contributed by atoms with Crippen molar-refractivity contribution in [3.05, 3.63) is 63.5 Å². The number of aromatic nitrogens is 2. The van der Waals surface area contributed by atoms with Crippen LogP contribution in [0.2, 0.25) is 0 Å². The van der Waals surface area contributed by atoms with Crippen molar-refractivity contribution >= 4 is 40.4 Å². The van der Waals surface area contributed by atoms with Gasteiger partial charge in [0, 0.05) is 22.0 Å². The Hall–Kier alpha value is -2.65. The molecule has 1 aromatic carbocycles. The number of nitrogens with zero attached hydrogens (tertiary/aromatic N) is 3. The normalized spacial score (nSPS) is 15.5. The van der Waals surface area contributed by atoms with Crippen LogP contribution in [0.25, 0.3) is 0 Å². The highest BCUT2D eigenvalue weighted by molar-refractivity contribution is 7.10. The van der Waals surface area contributed by atoms with Crippen molar-refractivity contribution in [2.24, 2.45) is 0 Å². The van der Waals surface area contributed by atoms with E-state index in [-0.39, 0.29) is 17.6 Å². The molecule has 3 aromatic rings. The molecule has 0 spiro atoms. The van der Waals surface area contributed by atoms with Gasteiger partial charge in [0.15, 0.2) is 11.7 Å². The Balaban J connectivity index is 1.73. The third-order valence-corrected chi connectivity index (χ3v) is 6.60. The number of nitrogens with one attached hydrogen (secondary N) is 1. The fourth-order valence-corrected chi connectivity index (χ4v) is 4.96. The third-order valence-electron chi connectivity index (χ3n) is 5.17. The highest BCUT2D eigenvalue weighted by atomic mass is 32.1. The summed E-state index contributed by atoms with van der Waals surface area (Å²) in [4.78, 5) is 29.0. The highest BCUT2D eigenvalue weighted by Crippen LogP contribution is 2.32. The van der Waals surface area contributed by atoms with E-state index in [0.717, 1.165) is 42.1 Å². The second kappa shape index (κ2) is 9.44. The fourth-order valence-electron chi connectivity index (χ4n) is 3.71. The molecule has 1 saturated carbocycles. The van der Waals surface area contributed by atoms with Crippen LogP contribution in [0.4, 0.5) is 10.1 Å². The van der Waals surface area contributed by atoms with Gasteiger partial charge in [0.05, 0.1) is 0 Å². The standard InChI is InChI=1S/C21H21FN4O2S2/c22-14-8-10-16(11-9-14)26(21(28)17-13-30-25-24-17)19(18-7-4-12-29-18)20(27)23-15-5-2-1-3-6-15/h4,7-13,15,19H,1-3,5-6H2,(H,23,27)/t19-/m1/s1. The average molecular weight is 445 g/mol. The molecular weight excluding hydrogens is 423 g/mol. The zero-order valence-electron chi connectivity index (χ0n) is 16.2. The van der Waals surface area contributed by atoms with E-state index in [0.29, 0.717) is 5.69 Å². The zero-order valence-corrected chi connectivity index (χ0v) is 17.8. The minimum absolute atomic E-state index is 0.0971. The van der Waals surface area contributed by atoms with Gasteiger partial charge in [-0.15, -0.1) is 16.4 Å². The molecule has 0 bridgehead atoms. The molecule has 2 heterocycles. The largest absolute Gasteiger partial charge is 0.351 e. The molecule has 2 aromatic heterocycles. The minimum Gasteiger partial charge on any atom is -0.351 e. The van der Waals surface area contributed by atoms with Crippen LogP contribution in [-0.2, 0) is 4.79 Å². The van der Waals surface area contributed by atoms with E-state index in [2.05, 4.69) is 14.9 Å². The number of benzene rings is 1. The van der Waals surface area contributed by atoms with Gasteiger partial charge in [-0.05, 0) is 60.1 Å². The van der Waals surface area contributed by atoms with Gasteiger partial charge < -0.3 is 5.32 Å². The van der Waals surface area contributed by atoms with Gasteiger partial charge in [0.1, 0.15) is 5.82 Å². The Kier molecular flexibility index (Phi) is 6.49. The lowest BCUT2D eigenvalue weighted by Gasteiger charge is -2.32. The maximum absolute atomic E-state index is 13.6. The highest BCUT2D eigenvalue weighted by Gasteiger charge is 2.36. The van der Waals surface area contributed by atoms with Gasteiger partial charge in [-0.3, -0.25) is 14.5 Å². The Morgan fingerprint density at radius 1 is 1.13 bits per heavy atom. The second-order valence-corrected chi connectivity index (χ2v) is 8.79. The number of rotatable bonds is 6. The maximum atomic E-state index is 13.6. The smallest absolute Gasteiger partial charge is 0.280 e. The molecule has 2 amide bonds. The number of carbonyl (C=O) groups is 2. The summed E-state index contributed by atoms with van der Waals surface area (Å²) in [6.07, 6.45) is 5.21. The first kappa shape index (κ1) is 20.6. The van der Waals surface area contributed by atoms with E-state index in [4.69, 9.17) is 0 Å². The molecule has 0 unspecified atom stereocenters. The second-order valence-electron chi connectivity index (χ2n) is 7.20. The first-order chi connectivity index (χ1) is 14.6. The van der Waals surface area contributed by atoms with Crippen LogP contribution in [-0.4, -0.2) is 27.4 Å². The van der Waals surface area contributed by atoms with Crippen LogP contribution in [0.15, 0.2) is 47.2 Å². The molecule has 156 valence electrons. The first-order valence-electron chi connectivity index (χ1n) is 9.83. The number of amides is 2. The van der Waals surface area contributed by atoms with E-state index in [1.807, 2.05) is 17.5 Å². The van der Waals surface area contributed by atoms with Crippen LogP contribution in [0.1, 0.15) is 53.5 Å². The van der Waals surface area contributed by atoms with Crippen molar-refractivity contribution in [1.82, 2.24) is 14.9 Å². The average Bonchev–Trinajstić information content (AvgIpc) is 3.47. The molecule has 1 N–H and O–H groups in total. The van der Waals surface area contributed by atoms with Crippen molar-refractivity contribution in [1.29, 1.82) is 0 Å². The number of hydrogen-bond donors (Lipinski definition) is 1.